The van der Waals surface area contributed by atoms with E-state index in [1.807, 2.05) is 0 Å². The van der Waals surface area contributed by atoms with Crippen LogP contribution in [0.5, 0.6) is 0 Å². The summed E-state index contributed by atoms with van der Waals surface area (Å²) in [6.07, 6.45) is 1.57. The highest BCUT2D eigenvalue weighted by molar-refractivity contribution is 5.99. The van der Waals surface area contributed by atoms with Gasteiger partial charge < -0.3 is 10.6 Å². The molecule has 5 heteroatoms. The first kappa shape index (κ1) is 14.4. The number of hydrogen-bond acceptors (Lipinski definition) is 4. The second-order valence-electron chi connectivity index (χ2n) is 5.37. The van der Waals surface area contributed by atoms with Crippen LogP contribution in [0.1, 0.15) is 33.3 Å². The van der Waals surface area contributed by atoms with Crippen LogP contribution in [0.15, 0.2) is 12.3 Å². The number of amidine groups is 1. The van der Waals surface area contributed by atoms with Crippen LogP contribution >= 0.6 is 0 Å². The molecule has 0 atom stereocenters. The minimum Gasteiger partial charge on any atom is -0.384 e. The number of rotatable bonds is 6. The summed E-state index contributed by atoms with van der Waals surface area (Å²) in [6.45, 7) is 10.4. The minimum atomic E-state index is 0.0393. The predicted octanol–water partition coefficient (Wildman–Crippen LogP) is 1.88. The number of anilines is 1. The van der Waals surface area contributed by atoms with Gasteiger partial charge in [-0.2, -0.15) is 5.10 Å². The molecule has 18 heavy (non-hydrogen) atoms. The van der Waals surface area contributed by atoms with Gasteiger partial charge in [0.05, 0.1) is 11.8 Å². The van der Waals surface area contributed by atoms with Crippen LogP contribution in [0.2, 0.25) is 0 Å². The third-order valence-electron chi connectivity index (χ3n) is 2.46. The molecule has 0 unspecified atom stereocenters. The van der Waals surface area contributed by atoms with Crippen LogP contribution in [0.3, 0.4) is 0 Å². The first-order valence-electron chi connectivity index (χ1n) is 6.32. The van der Waals surface area contributed by atoms with Crippen LogP contribution in [0, 0.1) is 17.2 Å². The van der Waals surface area contributed by atoms with Crippen LogP contribution in [-0.2, 0) is 0 Å². The van der Waals surface area contributed by atoms with Crippen LogP contribution in [0.4, 0.5) is 5.82 Å². The van der Waals surface area contributed by atoms with E-state index in [4.69, 9.17) is 11.1 Å². The molecule has 0 fully saturated rings. The molecule has 1 aromatic rings. The lowest BCUT2D eigenvalue weighted by Gasteiger charge is -2.28. The normalized spacial score (nSPS) is 11.0. The van der Waals surface area contributed by atoms with Gasteiger partial charge in [0.1, 0.15) is 5.84 Å². The second-order valence-corrected chi connectivity index (χ2v) is 5.37. The fourth-order valence-corrected chi connectivity index (χ4v) is 1.90. The number of hydrogen-bond donors (Lipinski definition) is 2. The molecule has 0 aromatic carbocycles. The molecule has 100 valence electrons. The van der Waals surface area contributed by atoms with Crippen molar-refractivity contribution in [2.24, 2.45) is 17.6 Å². The fraction of sp³-hybridized carbons (Fsp3) is 0.615. The Kier molecular flexibility index (Phi) is 5.07. The van der Waals surface area contributed by atoms with Gasteiger partial charge in [0.2, 0.25) is 0 Å². The number of nitrogens with one attached hydrogen (secondary N) is 1. The molecule has 0 radical (unpaired) electrons. The highest BCUT2D eigenvalue weighted by atomic mass is 15.3. The quantitative estimate of drug-likeness (QED) is 0.596. The van der Waals surface area contributed by atoms with Gasteiger partial charge in [-0.25, -0.2) is 0 Å². The molecule has 0 aliphatic rings. The van der Waals surface area contributed by atoms with E-state index in [0.29, 0.717) is 23.2 Å². The maximum Gasteiger partial charge on any atom is 0.162 e. The first-order chi connectivity index (χ1) is 8.41. The van der Waals surface area contributed by atoms with E-state index in [1.54, 1.807) is 12.3 Å². The summed E-state index contributed by atoms with van der Waals surface area (Å²) in [5.41, 5.74) is 6.26. The highest BCUT2D eigenvalue weighted by Gasteiger charge is 2.17. The van der Waals surface area contributed by atoms with Gasteiger partial charge in [-0.3, -0.25) is 5.41 Å². The van der Waals surface area contributed by atoms with Crippen molar-refractivity contribution in [1.29, 1.82) is 5.41 Å². The van der Waals surface area contributed by atoms with Crippen molar-refractivity contribution in [3.05, 3.63) is 17.8 Å². The zero-order chi connectivity index (χ0) is 13.7. The van der Waals surface area contributed by atoms with Gasteiger partial charge in [0.15, 0.2) is 5.82 Å². The number of nitrogens with zero attached hydrogens (tertiary/aromatic N) is 3. The van der Waals surface area contributed by atoms with E-state index in [9.17, 15) is 0 Å². The molecule has 0 aliphatic heterocycles. The van der Waals surface area contributed by atoms with Crippen molar-refractivity contribution < 1.29 is 0 Å². The summed E-state index contributed by atoms with van der Waals surface area (Å²) in [6, 6.07) is 1.75. The summed E-state index contributed by atoms with van der Waals surface area (Å²) >= 11 is 0. The molecule has 1 aromatic heterocycles. The minimum absolute atomic E-state index is 0.0393. The van der Waals surface area contributed by atoms with E-state index in [-0.39, 0.29) is 5.84 Å². The second kappa shape index (κ2) is 6.33. The van der Waals surface area contributed by atoms with E-state index < -0.39 is 0 Å². The molecule has 0 bridgehead atoms. The summed E-state index contributed by atoms with van der Waals surface area (Å²) in [5, 5.41) is 15.7. The van der Waals surface area contributed by atoms with Crippen molar-refractivity contribution in [1.82, 2.24) is 10.2 Å². The monoisotopic (exact) mass is 249 g/mol. The smallest absolute Gasteiger partial charge is 0.162 e. The van der Waals surface area contributed by atoms with Gasteiger partial charge in [-0.1, -0.05) is 27.7 Å². The largest absolute Gasteiger partial charge is 0.384 e. The lowest BCUT2D eigenvalue weighted by Crippen LogP contribution is -2.34. The molecular weight excluding hydrogens is 226 g/mol. The summed E-state index contributed by atoms with van der Waals surface area (Å²) in [4.78, 5) is 2.17. The van der Waals surface area contributed by atoms with Crippen molar-refractivity contribution in [2.75, 3.05) is 18.0 Å². The van der Waals surface area contributed by atoms with E-state index in [1.165, 1.54) is 0 Å². The average Bonchev–Trinajstić information content (AvgIpc) is 2.26. The summed E-state index contributed by atoms with van der Waals surface area (Å²) < 4.78 is 0. The Morgan fingerprint density at radius 2 is 1.83 bits per heavy atom. The molecule has 1 rings (SSSR count). The Balaban J connectivity index is 3.07. The maximum absolute atomic E-state index is 7.62. The standard InChI is InChI=1S/C13H23N5/c1-9(2)7-18(8-10(3)4)13-11(12(14)15)5-6-16-17-13/h5-6,9-10H,7-8H2,1-4H3,(H3,14,15). The van der Waals surface area contributed by atoms with Gasteiger partial charge in [-0.05, 0) is 17.9 Å². The summed E-state index contributed by atoms with van der Waals surface area (Å²) in [7, 11) is 0. The van der Waals surface area contributed by atoms with Gasteiger partial charge in [0, 0.05) is 13.1 Å². The zero-order valence-corrected chi connectivity index (χ0v) is 11.6. The number of aromatic nitrogens is 2. The van der Waals surface area contributed by atoms with Gasteiger partial charge in [0.25, 0.3) is 0 Å². The SMILES string of the molecule is CC(C)CN(CC(C)C)c1nnccc1C(=N)N. The predicted molar refractivity (Wildman–Crippen MR) is 74.9 cm³/mol. The van der Waals surface area contributed by atoms with E-state index in [2.05, 4.69) is 42.8 Å². The van der Waals surface area contributed by atoms with Crippen molar-refractivity contribution in [3.63, 3.8) is 0 Å². The Morgan fingerprint density at radius 3 is 2.28 bits per heavy atom. The van der Waals surface area contributed by atoms with Gasteiger partial charge >= 0.3 is 0 Å². The Labute approximate surface area is 109 Å². The Hall–Kier alpha value is -1.65. The molecule has 5 nitrogen and oxygen atoms in total. The number of nitrogen functional groups attached to an aromatic ring is 1. The third-order valence-corrected chi connectivity index (χ3v) is 2.46. The maximum atomic E-state index is 7.62. The molecule has 0 saturated heterocycles. The molecule has 0 amide bonds. The van der Waals surface area contributed by atoms with Crippen LogP contribution in [0.25, 0.3) is 0 Å². The topological polar surface area (TPSA) is 78.9 Å². The van der Waals surface area contributed by atoms with Gasteiger partial charge in [-0.15, -0.1) is 5.10 Å². The van der Waals surface area contributed by atoms with Crippen LogP contribution < -0.4 is 10.6 Å². The van der Waals surface area contributed by atoms with Crippen molar-refractivity contribution in [3.8, 4) is 0 Å². The molecular formula is C13H23N5. The number of nitrogens with two attached hydrogens (primary N) is 1. The highest BCUT2D eigenvalue weighted by Crippen LogP contribution is 2.18. The summed E-state index contributed by atoms with van der Waals surface area (Å²) in [5.74, 6) is 1.79. The van der Waals surface area contributed by atoms with Crippen molar-refractivity contribution >= 4 is 11.7 Å². The molecule has 3 N–H and O–H groups in total. The van der Waals surface area contributed by atoms with E-state index in [0.717, 1.165) is 13.1 Å². The fourth-order valence-electron chi connectivity index (χ4n) is 1.90. The Morgan fingerprint density at radius 1 is 1.28 bits per heavy atom. The molecule has 0 spiro atoms. The molecule has 0 aliphatic carbocycles. The van der Waals surface area contributed by atoms with E-state index >= 15 is 0 Å². The average molecular weight is 249 g/mol. The lowest BCUT2D eigenvalue weighted by atomic mass is 10.1. The van der Waals surface area contributed by atoms with Crippen LogP contribution in [-0.4, -0.2) is 29.1 Å². The lowest BCUT2D eigenvalue weighted by molar-refractivity contribution is 0.546. The first-order valence-corrected chi connectivity index (χ1v) is 6.32. The third kappa shape index (κ3) is 3.98. The Bertz CT molecular complexity index is 390. The molecule has 0 saturated carbocycles. The molecule has 1 heterocycles. The zero-order valence-electron chi connectivity index (χ0n) is 11.6. The van der Waals surface area contributed by atoms with Crippen molar-refractivity contribution in [2.45, 2.75) is 27.7 Å².